The first kappa shape index (κ1) is 24.4. The Kier molecular flexibility index (Phi) is 8.58. The summed E-state index contributed by atoms with van der Waals surface area (Å²) in [4.78, 5) is 44.5. The van der Waals surface area contributed by atoms with E-state index in [0.717, 1.165) is 11.1 Å². The molecule has 2 heterocycles. The number of carbonyl (C=O) groups is 3. The van der Waals surface area contributed by atoms with Gasteiger partial charge >= 0.3 is 0 Å². The van der Waals surface area contributed by atoms with E-state index in [0.29, 0.717) is 44.5 Å². The SMILES string of the molecule is Cc1ccccc1C(=O)NC(CC(C)C)C(=O)N1CCC(C(=O)NCc2cccnc2)CC1. The van der Waals surface area contributed by atoms with Crippen molar-refractivity contribution in [2.45, 2.75) is 52.6 Å². The molecule has 7 nitrogen and oxygen atoms in total. The van der Waals surface area contributed by atoms with E-state index in [9.17, 15) is 14.4 Å². The molecule has 0 aliphatic carbocycles. The molecule has 3 rings (SSSR count). The van der Waals surface area contributed by atoms with Crippen LogP contribution in [0, 0.1) is 18.8 Å². The van der Waals surface area contributed by atoms with Crippen molar-refractivity contribution in [2.24, 2.45) is 11.8 Å². The summed E-state index contributed by atoms with van der Waals surface area (Å²) in [6.45, 7) is 7.45. The molecule has 176 valence electrons. The van der Waals surface area contributed by atoms with Crippen LogP contribution in [0.5, 0.6) is 0 Å². The van der Waals surface area contributed by atoms with Crippen molar-refractivity contribution in [3.8, 4) is 0 Å². The lowest BCUT2D eigenvalue weighted by atomic mass is 9.94. The number of hydrogen-bond donors (Lipinski definition) is 2. The number of likely N-dealkylation sites (tertiary alicyclic amines) is 1. The number of benzene rings is 1. The Hall–Kier alpha value is -3.22. The van der Waals surface area contributed by atoms with Crippen molar-refractivity contribution in [3.63, 3.8) is 0 Å². The highest BCUT2D eigenvalue weighted by molar-refractivity contribution is 5.98. The maximum absolute atomic E-state index is 13.3. The van der Waals surface area contributed by atoms with E-state index < -0.39 is 6.04 Å². The number of hydrogen-bond acceptors (Lipinski definition) is 4. The van der Waals surface area contributed by atoms with Crippen LogP contribution < -0.4 is 10.6 Å². The molecule has 1 fully saturated rings. The highest BCUT2D eigenvalue weighted by Gasteiger charge is 2.32. The van der Waals surface area contributed by atoms with Gasteiger partial charge in [0.1, 0.15) is 6.04 Å². The lowest BCUT2D eigenvalue weighted by molar-refractivity contribution is -0.137. The summed E-state index contributed by atoms with van der Waals surface area (Å²) in [7, 11) is 0. The number of aromatic nitrogens is 1. The molecule has 1 atom stereocenters. The summed E-state index contributed by atoms with van der Waals surface area (Å²) in [5.41, 5.74) is 2.42. The van der Waals surface area contributed by atoms with Crippen molar-refractivity contribution in [2.75, 3.05) is 13.1 Å². The first-order valence-electron chi connectivity index (χ1n) is 11.7. The largest absolute Gasteiger partial charge is 0.352 e. The summed E-state index contributed by atoms with van der Waals surface area (Å²) < 4.78 is 0. The summed E-state index contributed by atoms with van der Waals surface area (Å²) in [6, 6.07) is 10.6. The lowest BCUT2D eigenvalue weighted by Crippen LogP contribution is -2.52. The van der Waals surface area contributed by atoms with Crippen molar-refractivity contribution < 1.29 is 14.4 Å². The highest BCUT2D eigenvalue weighted by atomic mass is 16.2. The number of rotatable bonds is 8. The zero-order valence-corrected chi connectivity index (χ0v) is 19.7. The van der Waals surface area contributed by atoms with Crippen LogP contribution in [-0.4, -0.2) is 46.7 Å². The second-order valence-corrected chi connectivity index (χ2v) is 9.15. The van der Waals surface area contributed by atoms with Crippen LogP contribution in [0.15, 0.2) is 48.8 Å². The molecule has 33 heavy (non-hydrogen) atoms. The minimum atomic E-state index is -0.576. The van der Waals surface area contributed by atoms with Crippen LogP contribution in [0.25, 0.3) is 0 Å². The molecule has 1 saturated heterocycles. The average Bonchev–Trinajstić information content (AvgIpc) is 2.82. The van der Waals surface area contributed by atoms with Crippen molar-refractivity contribution in [1.82, 2.24) is 20.5 Å². The van der Waals surface area contributed by atoms with Crippen molar-refractivity contribution in [3.05, 3.63) is 65.5 Å². The predicted octanol–water partition coefficient (Wildman–Crippen LogP) is 3.09. The molecular weight excluding hydrogens is 416 g/mol. The van der Waals surface area contributed by atoms with Crippen LogP contribution in [0.4, 0.5) is 0 Å². The first-order chi connectivity index (χ1) is 15.8. The maximum atomic E-state index is 13.3. The van der Waals surface area contributed by atoms with Crippen LogP contribution in [0.3, 0.4) is 0 Å². The minimum absolute atomic E-state index is 0.0116. The van der Waals surface area contributed by atoms with Gasteiger partial charge in [0.15, 0.2) is 0 Å². The summed E-state index contributed by atoms with van der Waals surface area (Å²) in [6.07, 6.45) is 5.24. The van der Waals surface area contributed by atoms with Gasteiger partial charge in [0, 0.05) is 43.5 Å². The van der Waals surface area contributed by atoms with E-state index in [-0.39, 0.29) is 29.6 Å². The molecule has 0 radical (unpaired) electrons. The zero-order valence-electron chi connectivity index (χ0n) is 19.7. The topological polar surface area (TPSA) is 91.4 Å². The summed E-state index contributed by atoms with van der Waals surface area (Å²) >= 11 is 0. The monoisotopic (exact) mass is 450 g/mol. The third-order valence-electron chi connectivity index (χ3n) is 6.07. The van der Waals surface area contributed by atoms with Gasteiger partial charge in [0.05, 0.1) is 0 Å². The van der Waals surface area contributed by atoms with E-state index in [1.165, 1.54) is 0 Å². The fourth-order valence-corrected chi connectivity index (χ4v) is 4.18. The van der Waals surface area contributed by atoms with Gasteiger partial charge in [-0.05, 0) is 55.4 Å². The fraction of sp³-hybridized carbons (Fsp3) is 0.462. The quantitative estimate of drug-likeness (QED) is 0.647. The van der Waals surface area contributed by atoms with Crippen LogP contribution in [0.1, 0.15) is 54.6 Å². The van der Waals surface area contributed by atoms with E-state index in [2.05, 4.69) is 15.6 Å². The zero-order chi connectivity index (χ0) is 23.8. The van der Waals surface area contributed by atoms with E-state index >= 15 is 0 Å². The number of piperidine rings is 1. The maximum Gasteiger partial charge on any atom is 0.252 e. The molecule has 1 aromatic carbocycles. The van der Waals surface area contributed by atoms with Gasteiger partial charge in [-0.3, -0.25) is 19.4 Å². The Morgan fingerprint density at radius 2 is 1.82 bits per heavy atom. The molecule has 3 amide bonds. The molecule has 2 aromatic rings. The predicted molar refractivity (Wildman–Crippen MR) is 127 cm³/mol. The van der Waals surface area contributed by atoms with Crippen molar-refractivity contribution >= 4 is 17.7 Å². The Labute approximate surface area is 196 Å². The standard InChI is InChI=1S/C26H34N4O3/c1-18(2)15-23(29-25(32)22-9-5-4-7-19(22)3)26(33)30-13-10-21(11-14-30)24(31)28-17-20-8-6-12-27-16-20/h4-9,12,16,18,21,23H,10-11,13-15,17H2,1-3H3,(H,28,31)(H,29,32). The Morgan fingerprint density at radius 1 is 1.09 bits per heavy atom. The van der Waals surface area contributed by atoms with E-state index in [4.69, 9.17) is 0 Å². The Balaban J connectivity index is 1.55. The lowest BCUT2D eigenvalue weighted by Gasteiger charge is -2.34. The second-order valence-electron chi connectivity index (χ2n) is 9.15. The van der Waals surface area contributed by atoms with Crippen LogP contribution in [-0.2, 0) is 16.1 Å². The molecule has 0 spiro atoms. The Bertz CT molecular complexity index is 953. The number of pyridine rings is 1. The van der Waals surface area contributed by atoms with Crippen LogP contribution >= 0.6 is 0 Å². The number of carbonyl (C=O) groups excluding carboxylic acids is 3. The van der Waals surface area contributed by atoms with Crippen molar-refractivity contribution in [1.29, 1.82) is 0 Å². The van der Waals surface area contributed by atoms with Gasteiger partial charge < -0.3 is 15.5 Å². The average molecular weight is 451 g/mol. The van der Waals surface area contributed by atoms with E-state index in [1.54, 1.807) is 23.4 Å². The molecule has 1 aliphatic heterocycles. The summed E-state index contributed by atoms with van der Waals surface area (Å²) in [5, 5.41) is 5.93. The molecule has 1 aromatic heterocycles. The molecular formula is C26H34N4O3. The van der Waals surface area contributed by atoms with Crippen LogP contribution in [0.2, 0.25) is 0 Å². The number of nitrogens with zero attached hydrogens (tertiary/aromatic N) is 2. The normalized spacial score (nSPS) is 15.2. The van der Waals surface area contributed by atoms with E-state index in [1.807, 2.05) is 51.1 Å². The first-order valence-corrected chi connectivity index (χ1v) is 11.7. The van der Waals surface area contributed by atoms with Gasteiger partial charge in [-0.2, -0.15) is 0 Å². The number of aryl methyl sites for hydroxylation is 1. The second kappa shape index (κ2) is 11.6. The number of nitrogens with one attached hydrogen (secondary N) is 2. The smallest absolute Gasteiger partial charge is 0.252 e. The molecule has 7 heteroatoms. The van der Waals surface area contributed by atoms with Gasteiger partial charge in [-0.15, -0.1) is 0 Å². The number of amides is 3. The fourth-order valence-electron chi connectivity index (χ4n) is 4.18. The van der Waals surface area contributed by atoms with Gasteiger partial charge in [-0.1, -0.05) is 38.1 Å². The molecule has 2 N–H and O–H groups in total. The third-order valence-corrected chi connectivity index (χ3v) is 6.07. The highest BCUT2D eigenvalue weighted by Crippen LogP contribution is 2.20. The molecule has 1 aliphatic rings. The minimum Gasteiger partial charge on any atom is -0.352 e. The summed E-state index contributed by atoms with van der Waals surface area (Å²) in [5.74, 6) is -0.142. The Morgan fingerprint density at radius 3 is 2.45 bits per heavy atom. The van der Waals surface area contributed by atoms with Gasteiger partial charge in [-0.25, -0.2) is 0 Å². The molecule has 0 saturated carbocycles. The van der Waals surface area contributed by atoms with Gasteiger partial charge in [0.2, 0.25) is 11.8 Å². The third kappa shape index (κ3) is 6.88. The van der Waals surface area contributed by atoms with Gasteiger partial charge in [0.25, 0.3) is 5.91 Å². The molecule has 0 bridgehead atoms. The molecule has 1 unspecified atom stereocenters.